The highest BCUT2D eigenvalue weighted by molar-refractivity contribution is 5.57. The van der Waals surface area contributed by atoms with Crippen LogP contribution in [0.2, 0.25) is 0 Å². The second kappa shape index (κ2) is 4.59. The summed E-state index contributed by atoms with van der Waals surface area (Å²) in [5.74, 6) is 0. The Morgan fingerprint density at radius 2 is 1.94 bits per heavy atom. The maximum absolute atomic E-state index is 11.1. The van der Waals surface area contributed by atoms with E-state index in [-0.39, 0.29) is 6.17 Å². The summed E-state index contributed by atoms with van der Waals surface area (Å²) < 4.78 is 0. The first-order valence-corrected chi connectivity index (χ1v) is 6.39. The molecule has 3 nitrogen and oxygen atoms in total. The van der Waals surface area contributed by atoms with Crippen LogP contribution in [0.15, 0.2) is 24.3 Å². The second-order valence-corrected chi connectivity index (χ2v) is 4.96. The van der Waals surface area contributed by atoms with Crippen molar-refractivity contribution in [2.75, 3.05) is 13.1 Å². The molecule has 90 valence electrons. The van der Waals surface area contributed by atoms with Gasteiger partial charge in [0.05, 0.1) is 0 Å². The number of carbonyl (C=O) groups excluding carboxylic acids is 1. The van der Waals surface area contributed by atoms with Gasteiger partial charge in [0, 0.05) is 12.6 Å². The van der Waals surface area contributed by atoms with E-state index < -0.39 is 0 Å². The highest BCUT2D eigenvalue weighted by Crippen LogP contribution is 2.26. The van der Waals surface area contributed by atoms with Gasteiger partial charge in [-0.1, -0.05) is 24.3 Å². The van der Waals surface area contributed by atoms with Gasteiger partial charge in [0.1, 0.15) is 6.17 Å². The minimum absolute atomic E-state index is 0.0805. The van der Waals surface area contributed by atoms with Crippen molar-refractivity contribution in [2.45, 2.75) is 31.5 Å². The van der Waals surface area contributed by atoms with Crippen molar-refractivity contribution in [3.05, 3.63) is 35.4 Å². The fourth-order valence-corrected chi connectivity index (χ4v) is 3.07. The van der Waals surface area contributed by atoms with Crippen molar-refractivity contribution < 1.29 is 4.79 Å². The van der Waals surface area contributed by atoms with Crippen molar-refractivity contribution in [3.63, 3.8) is 0 Å². The van der Waals surface area contributed by atoms with E-state index >= 15 is 0 Å². The van der Waals surface area contributed by atoms with Crippen molar-refractivity contribution in [2.24, 2.45) is 0 Å². The molecule has 1 aliphatic heterocycles. The van der Waals surface area contributed by atoms with E-state index in [1.165, 1.54) is 11.1 Å². The predicted molar refractivity (Wildman–Crippen MR) is 66.8 cm³/mol. The van der Waals surface area contributed by atoms with Gasteiger partial charge >= 0.3 is 0 Å². The minimum Gasteiger partial charge on any atom is -0.300 e. The summed E-state index contributed by atoms with van der Waals surface area (Å²) in [6.45, 7) is 1.99. The van der Waals surface area contributed by atoms with Crippen LogP contribution in [-0.2, 0) is 17.6 Å². The summed E-state index contributed by atoms with van der Waals surface area (Å²) in [6.07, 6.45) is 4.27. The molecule has 1 aromatic rings. The fraction of sp³-hybridized carbons (Fsp3) is 0.500. The Bertz CT molecular complexity index is 393. The Labute approximate surface area is 102 Å². The van der Waals surface area contributed by atoms with E-state index in [4.69, 9.17) is 0 Å². The molecule has 2 aliphatic rings. The van der Waals surface area contributed by atoms with E-state index in [0.717, 1.165) is 38.6 Å². The quantitative estimate of drug-likeness (QED) is 0.769. The highest BCUT2D eigenvalue weighted by Gasteiger charge is 2.32. The summed E-state index contributed by atoms with van der Waals surface area (Å²) in [7, 11) is 0. The average Bonchev–Trinajstić information content (AvgIpc) is 2.82. The number of hydrogen-bond donors (Lipinski definition) is 1. The Morgan fingerprint density at radius 3 is 2.59 bits per heavy atom. The lowest BCUT2D eigenvalue weighted by Crippen LogP contribution is -2.56. The first-order valence-electron chi connectivity index (χ1n) is 6.39. The van der Waals surface area contributed by atoms with Gasteiger partial charge in [-0.2, -0.15) is 0 Å². The number of aldehydes is 1. The number of benzene rings is 1. The van der Waals surface area contributed by atoms with E-state index in [9.17, 15) is 4.79 Å². The minimum atomic E-state index is -0.0805. The zero-order valence-corrected chi connectivity index (χ0v) is 9.93. The number of nitrogens with zero attached hydrogens (tertiary/aromatic N) is 1. The van der Waals surface area contributed by atoms with Gasteiger partial charge in [-0.05, 0) is 36.9 Å². The fourth-order valence-electron chi connectivity index (χ4n) is 3.07. The molecule has 1 atom stereocenters. The van der Waals surface area contributed by atoms with E-state index in [1.807, 2.05) is 0 Å². The summed E-state index contributed by atoms with van der Waals surface area (Å²) in [6, 6.07) is 9.13. The largest absolute Gasteiger partial charge is 0.300 e. The van der Waals surface area contributed by atoms with Gasteiger partial charge in [0.15, 0.2) is 6.29 Å². The number of fused-ring (bicyclic) bond motifs is 1. The maximum Gasteiger partial charge on any atom is 0.151 e. The standard InChI is InChI=1S/C14H18N2O/c17-10-14-15-6-3-7-16(14)13-8-11-4-1-2-5-12(11)9-13/h1-2,4-5,10,13-15H,3,6-9H2. The van der Waals surface area contributed by atoms with Crippen LogP contribution in [0.25, 0.3) is 0 Å². The van der Waals surface area contributed by atoms with E-state index in [1.54, 1.807) is 0 Å². The number of rotatable bonds is 2. The molecule has 0 bridgehead atoms. The van der Waals surface area contributed by atoms with Crippen molar-refractivity contribution in [1.29, 1.82) is 0 Å². The lowest BCUT2D eigenvalue weighted by atomic mass is 10.1. The zero-order chi connectivity index (χ0) is 11.7. The van der Waals surface area contributed by atoms with Crippen LogP contribution in [0, 0.1) is 0 Å². The second-order valence-electron chi connectivity index (χ2n) is 4.96. The van der Waals surface area contributed by atoms with Gasteiger partial charge in [-0.15, -0.1) is 0 Å². The molecule has 1 aliphatic carbocycles. The molecule has 3 heteroatoms. The van der Waals surface area contributed by atoms with Gasteiger partial charge in [-0.25, -0.2) is 0 Å². The third-order valence-electron chi connectivity index (χ3n) is 3.93. The van der Waals surface area contributed by atoms with Crippen LogP contribution in [0.4, 0.5) is 0 Å². The maximum atomic E-state index is 11.1. The van der Waals surface area contributed by atoms with Crippen LogP contribution in [0.1, 0.15) is 17.5 Å². The number of hydrogen-bond acceptors (Lipinski definition) is 3. The first kappa shape index (κ1) is 10.9. The molecule has 0 saturated carbocycles. The normalized spacial score (nSPS) is 25.8. The lowest BCUT2D eigenvalue weighted by Gasteiger charge is -2.37. The summed E-state index contributed by atoms with van der Waals surface area (Å²) in [5, 5.41) is 3.28. The molecule has 17 heavy (non-hydrogen) atoms. The molecule has 1 N–H and O–H groups in total. The van der Waals surface area contributed by atoms with Crippen LogP contribution in [0.5, 0.6) is 0 Å². The molecule has 1 fully saturated rings. The molecule has 1 saturated heterocycles. The van der Waals surface area contributed by atoms with Crippen LogP contribution < -0.4 is 5.32 Å². The highest BCUT2D eigenvalue weighted by atomic mass is 16.1. The monoisotopic (exact) mass is 230 g/mol. The smallest absolute Gasteiger partial charge is 0.151 e. The van der Waals surface area contributed by atoms with E-state index in [2.05, 4.69) is 34.5 Å². The Hall–Kier alpha value is -1.19. The topological polar surface area (TPSA) is 32.3 Å². The molecule has 3 rings (SSSR count). The third kappa shape index (κ3) is 2.01. The van der Waals surface area contributed by atoms with Gasteiger partial charge in [-0.3, -0.25) is 10.2 Å². The molecule has 1 unspecified atom stereocenters. The zero-order valence-electron chi connectivity index (χ0n) is 9.93. The molecule has 1 heterocycles. The molecule has 1 aromatic carbocycles. The average molecular weight is 230 g/mol. The summed E-state index contributed by atoms with van der Waals surface area (Å²) >= 11 is 0. The Kier molecular flexibility index (Phi) is 2.95. The van der Waals surface area contributed by atoms with Gasteiger partial charge in [0.2, 0.25) is 0 Å². The molecular formula is C14H18N2O. The molecular weight excluding hydrogens is 212 g/mol. The van der Waals surface area contributed by atoms with Crippen LogP contribution in [0.3, 0.4) is 0 Å². The Balaban J connectivity index is 1.76. The third-order valence-corrected chi connectivity index (χ3v) is 3.93. The summed E-state index contributed by atoms with van der Waals surface area (Å²) in [5.41, 5.74) is 2.90. The predicted octanol–water partition coefficient (Wildman–Crippen LogP) is 0.974. The van der Waals surface area contributed by atoms with Crippen molar-refractivity contribution in [1.82, 2.24) is 10.2 Å². The van der Waals surface area contributed by atoms with Gasteiger partial charge in [0.25, 0.3) is 0 Å². The van der Waals surface area contributed by atoms with Crippen molar-refractivity contribution >= 4 is 6.29 Å². The van der Waals surface area contributed by atoms with Gasteiger partial charge < -0.3 is 4.79 Å². The molecule has 0 amide bonds. The molecule has 0 radical (unpaired) electrons. The lowest BCUT2D eigenvalue weighted by molar-refractivity contribution is -0.115. The van der Waals surface area contributed by atoms with Crippen LogP contribution in [-0.4, -0.2) is 36.5 Å². The molecule has 0 aromatic heterocycles. The van der Waals surface area contributed by atoms with Crippen LogP contribution >= 0.6 is 0 Å². The van der Waals surface area contributed by atoms with Crippen molar-refractivity contribution in [3.8, 4) is 0 Å². The Morgan fingerprint density at radius 1 is 1.24 bits per heavy atom. The SMILES string of the molecule is O=CC1NCCCN1C1Cc2ccccc2C1. The number of nitrogens with one attached hydrogen (secondary N) is 1. The van der Waals surface area contributed by atoms with E-state index in [0.29, 0.717) is 6.04 Å². The number of carbonyl (C=O) groups is 1. The molecule has 0 spiro atoms. The first-order chi connectivity index (χ1) is 8.38. The summed E-state index contributed by atoms with van der Waals surface area (Å²) in [4.78, 5) is 13.4.